The SMILES string of the molecule is CNC(=S)NNC(=O)C(c1ccc(C)cc1)c1ccc2c(c1)c(-c1cccc(C)c1)cc(=O)n2C. The molecular weight excluding hydrogens is 456 g/mol. The highest BCUT2D eigenvalue weighted by molar-refractivity contribution is 7.80. The maximum atomic E-state index is 13.4. The Hall–Kier alpha value is -3.97. The summed E-state index contributed by atoms with van der Waals surface area (Å²) in [5, 5.41) is 4.00. The van der Waals surface area contributed by atoms with E-state index in [1.165, 1.54) is 0 Å². The van der Waals surface area contributed by atoms with Crippen LogP contribution in [0.3, 0.4) is 0 Å². The highest BCUT2D eigenvalue weighted by Gasteiger charge is 2.24. The van der Waals surface area contributed by atoms with Crippen molar-refractivity contribution >= 4 is 34.1 Å². The first-order valence-electron chi connectivity index (χ1n) is 11.3. The quantitative estimate of drug-likeness (QED) is 0.301. The number of benzene rings is 3. The number of nitrogens with one attached hydrogen (secondary N) is 3. The van der Waals surface area contributed by atoms with Crippen LogP contribution in [0.4, 0.5) is 0 Å². The van der Waals surface area contributed by atoms with E-state index in [9.17, 15) is 9.59 Å². The Morgan fingerprint density at radius 1 is 0.886 bits per heavy atom. The fourth-order valence-electron chi connectivity index (χ4n) is 4.22. The van der Waals surface area contributed by atoms with Crippen molar-refractivity contribution in [1.29, 1.82) is 0 Å². The maximum absolute atomic E-state index is 13.4. The summed E-state index contributed by atoms with van der Waals surface area (Å²) in [6.07, 6.45) is 0. The standard InChI is InChI=1S/C28H28N4O2S/c1-17-8-10-19(11-9-17)26(27(34)30-31-28(35)29-3)21-12-13-24-23(15-21)22(16-25(33)32(24)4)20-7-5-6-18(2)14-20/h5-16,26H,1-4H3,(H,30,34)(H2,29,31,35). The molecule has 0 radical (unpaired) electrons. The van der Waals surface area contributed by atoms with Crippen LogP contribution in [0.25, 0.3) is 22.0 Å². The molecule has 1 aromatic heterocycles. The third-order valence-electron chi connectivity index (χ3n) is 6.13. The van der Waals surface area contributed by atoms with Gasteiger partial charge < -0.3 is 9.88 Å². The lowest BCUT2D eigenvalue weighted by Gasteiger charge is -2.20. The lowest BCUT2D eigenvalue weighted by molar-refractivity contribution is -0.122. The lowest BCUT2D eigenvalue weighted by atomic mass is 9.88. The molecule has 7 heteroatoms. The first-order valence-corrected chi connectivity index (χ1v) is 11.7. The van der Waals surface area contributed by atoms with Gasteiger partial charge in [0, 0.05) is 25.5 Å². The summed E-state index contributed by atoms with van der Waals surface area (Å²) in [7, 11) is 3.44. The summed E-state index contributed by atoms with van der Waals surface area (Å²) >= 11 is 5.11. The van der Waals surface area contributed by atoms with Gasteiger partial charge in [0.05, 0.1) is 11.4 Å². The van der Waals surface area contributed by atoms with Gasteiger partial charge in [-0.05, 0) is 60.5 Å². The average molecular weight is 485 g/mol. The van der Waals surface area contributed by atoms with Crippen molar-refractivity contribution in [2.45, 2.75) is 19.8 Å². The minimum Gasteiger partial charge on any atom is -0.364 e. The molecule has 1 atom stereocenters. The van der Waals surface area contributed by atoms with Gasteiger partial charge in [-0.1, -0.05) is 65.7 Å². The second-order valence-corrected chi connectivity index (χ2v) is 9.05. The molecule has 0 saturated carbocycles. The number of fused-ring (bicyclic) bond motifs is 1. The van der Waals surface area contributed by atoms with Crippen LogP contribution < -0.4 is 21.7 Å². The number of thiocarbonyl (C=S) groups is 1. The van der Waals surface area contributed by atoms with Crippen molar-refractivity contribution < 1.29 is 4.79 Å². The predicted octanol–water partition coefficient (Wildman–Crippen LogP) is 4.08. The third-order valence-corrected chi connectivity index (χ3v) is 6.44. The van der Waals surface area contributed by atoms with E-state index in [2.05, 4.69) is 22.2 Å². The first kappa shape index (κ1) is 24.2. The molecule has 178 valence electrons. The minimum absolute atomic E-state index is 0.0839. The van der Waals surface area contributed by atoms with Gasteiger partial charge in [-0.2, -0.15) is 0 Å². The zero-order valence-corrected chi connectivity index (χ0v) is 21.0. The zero-order chi connectivity index (χ0) is 25.1. The van der Waals surface area contributed by atoms with Gasteiger partial charge in [-0.15, -0.1) is 0 Å². The molecule has 4 rings (SSSR count). The summed E-state index contributed by atoms with van der Waals surface area (Å²) < 4.78 is 1.63. The molecule has 3 aromatic carbocycles. The zero-order valence-electron chi connectivity index (χ0n) is 20.2. The van der Waals surface area contributed by atoms with E-state index in [0.29, 0.717) is 5.11 Å². The van der Waals surface area contributed by atoms with Crippen LogP contribution in [0.5, 0.6) is 0 Å². The Bertz CT molecular complexity index is 1480. The molecule has 3 N–H and O–H groups in total. The Balaban J connectivity index is 1.90. The Labute approximate surface area is 210 Å². The van der Waals surface area contributed by atoms with Crippen LogP contribution in [0.1, 0.15) is 28.2 Å². The second-order valence-electron chi connectivity index (χ2n) is 8.64. The number of hydrogen-bond acceptors (Lipinski definition) is 3. The van der Waals surface area contributed by atoms with Crippen molar-refractivity contribution in [1.82, 2.24) is 20.7 Å². The van der Waals surface area contributed by atoms with Gasteiger partial charge in [0.25, 0.3) is 5.56 Å². The number of carbonyl (C=O) groups is 1. The highest BCUT2D eigenvalue weighted by Crippen LogP contribution is 2.32. The van der Waals surface area contributed by atoms with Crippen LogP contribution >= 0.6 is 12.2 Å². The molecule has 0 aliphatic heterocycles. The van der Waals surface area contributed by atoms with Gasteiger partial charge >= 0.3 is 0 Å². The number of hydrazine groups is 1. The third kappa shape index (κ3) is 5.10. The second kappa shape index (κ2) is 10.1. The molecule has 0 aliphatic carbocycles. The number of amides is 1. The van der Waals surface area contributed by atoms with E-state index in [0.717, 1.165) is 44.3 Å². The number of carbonyl (C=O) groups excluding carboxylic acids is 1. The monoisotopic (exact) mass is 484 g/mol. The summed E-state index contributed by atoms with van der Waals surface area (Å²) in [5.74, 6) is -0.831. The highest BCUT2D eigenvalue weighted by atomic mass is 32.1. The number of aryl methyl sites for hydroxylation is 3. The Morgan fingerprint density at radius 3 is 2.29 bits per heavy atom. The molecule has 0 bridgehead atoms. The molecule has 1 heterocycles. The molecule has 0 spiro atoms. The Morgan fingerprint density at radius 2 is 1.60 bits per heavy atom. The molecule has 1 unspecified atom stereocenters. The summed E-state index contributed by atoms with van der Waals surface area (Å²) in [5.41, 5.74) is 11.9. The summed E-state index contributed by atoms with van der Waals surface area (Å²) in [4.78, 5) is 26.1. The van der Waals surface area contributed by atoms with E-state index in [1.54, 1.807) is 24.7 Å². The van der Waals surface area contributed by atoms with Crippen LogP contribution in [0, 0.1) is 13.8 Å². The van der Waals surface area contributed by atoms with E-state index in [4.69, 9.17) is 12.2 Å². The molecule has 4 aromatic rings. The molecule has 35 heavy (non-hydrogen) atoms. The van der Waals surface area contributed by atoms with Crippen molar-refractivity contribution in [3.05, 3.63) is 105 Å². The molecule has 0 fully saturated rings. The topological polar surface area (TPSA) is 75.2 Å². The van der Waals surface area contributed by atoms with Gasteiger partial charge in [-0.3, -0.25) is 20.4 Å². The van der Waals surface area contributed by atoms with Gasteiger partial charge in [0.15, 0.2) is 5.11 Å². The lowest BCUT2D eigenvalue weighted by Crippen LogP contribution is -2.47. The van der Waals surface area contributed by atoms with E-state index >= 15 is 0 Å². The van der Waals surface area contributed by atoms with Crippen LogP contribution in [-0.4, -0.2) is 22.6 Å². The number of rotatable bonds is 4. The van der Waals surface area contributed by atoms with Gasteiger partial charge in [0.1, 0.15) is 0 Å². The van der Waals surface area contributed by atoms with E-state index < -0.39 is 5.92 Å². The predicted molar refractivity (Wildman–Crippen MR) is 145 cm³/mol. The molecule has 1 amide bonds. The van der Waals surface area contributed by atoms with Crippen molar-refractivity contribution in [3.63, 3.8) is 0 Å². The van der Waals surface area contributed by atoms with E-state index in [1.807, 2.05) is 74.5 Å². The van der Waals surface area contributed by atoms with E-state index in [-0.39, 0.29) is 11.5 Å². The number of aromatic nitrogens is 1. The molecule has 0 aliphatic rings. The fourth-order valence-corrected chi connectivity index (χ4v) is 4.27. The van der Waals surface area contributed by atoms with Crippen molar-refractivity contribution in [2.24, 2.45) is 7.05 Å². The number of pyridine rings is 1. The maximum Gasteiger partial charge on any atom is 0.251 e. The number of hydrogen-bond donors (Lipinski definition) is 3. The Kier molecular flexibility index (Phi) is 6.98. The molecule has 6 nitrogen and oxygen atoms in total. The first-order chi connectivity index (χ1) is 16.8. The largest absolute Gasteiger partial charge is 0.364 e. The van der Waals surface area contributed by atoms with Crippen molar-refractivity contribution in [3.8, 4) is 11.1 Å². The smallest absolute Gasteiger partial charge is 0.251 e. The van der Waals surface area contributed by atoms with Crippen molar-refractivity contribution in [2.75, 3.05) is 7.05 Å². The van der Waals surface area contributed by atoms with Gasteiger partial charge in [0.2, 0.25) is 5.91 Å². The van der Waals surface area contributed by atoms with Crippen LogP contribution in [-0.2, 0) is 11.8 Å². The summed E-state index contributed by atoms with van der Waals surface area (Å²) in [6.45, 7) is 4.04. The normalized spacial score (nSPS) is 11.7. The molecular formula is C28H28N4O2S. The average Bonchev–Trinajstić information content (AvgIpc) is 2.86. The fraction of sp³-hybridized carbons (Fsp3) is 0.179. The van der Waals surface area contributed by atoms with Crippen LogP contribution in [0.15, 0.2) is 77.6 Å². The van der Waals surface area contributed by atoms with Gasteiger partial charge in [-0.25, -0.2) is 0 Å². The molecule has 0 saturated heterocycles. The number of nitrogens with zero attached hydrogens (tertiary/aromatic N) is 1. The minimum atomic E-state index is -0.588. The summed E-state index contributed by atoms with van der Waals surface area (Å²) in [6, 6.07) is 23.5. The van der Waals surface area contributed by atoms with Crippen LogP contribution in [0.2, 0.25) is 0 Å².